The molecule has 1 aliphatic heterocycles. The predicted octanol–water partition coefficient (Wildman–Crippen LogP) is 4.65. The number of pyridine rings is 1. The van der Waals surface area contributed by atoms with E-state index in [4.69, 9.17) is 16.3 Å². The highest BCUT2D eigenvalue weighted by atomic mass is 35.5. The second-order valence-electron chi connectivity index (χ2n) is 6.71. The van der Waals surface area contributed by atoms with Crippen LogP contribution >= 0.6 is 11.6 Å². The first-order valence-electron chi connectivity index (χ1n) is 9.36. The standard InChI is InChI=1S/C24H17ClN2O3S/c1-30-23-11-9-17(15-26-23)5-2-4-16-8-10-21-20(13-16)24(28)22(31(29)27-21)14-18-6-3-7-19(25)12-18/h3,6-15,27H,5H2,1H3/b22-14+. The maximum Gasteiger partial charge on any atom is 0.245 e. The number of anilines is 1. The van der Waals surface area contributed by atoms with Crippen molar-refractivity contribution in [1.29, 1.82) is 0 Å². The fraction of sp³-hybridized carbons (Fsp3) is 0.0833. The number of hydrogen-bond donors (Lipinski definition) is 1. The van der Waals surface area contributed by atoms with E-state index in [9.17, 15) is 9.35 Å². The van der Waals surface area contributed by atoms with Gasteiger partial charge in [-0.25, -0.2) is 9.71 Å². The Morgan fingerprint density at radius 3 is 2.84 bits per heavy atom. The molecule has 1 aromatic heterocycles. The summed E-state index contributed by atoms with van der Waals surface area (Å²) < 4.78 is 20.5. The van der Waals surface area contributed by atoms with E-state index in [0.29, 0.717) is 39.7 Å². The zero-order valence-corrected chi connectivity index (χ0v) is 18.1. The maximum atomic E-state index is 13.0. The van der Waals surface area contributed by atoms with Crippen molar-refractivity contribution in [3.05, 3.63) is 93.0 Å². The minimum atomic E-state index is -1.65. The summed E-state index contributed by atoms with van der Waals surface area (Å²) in [5, 5.41) is 0.543. The van der Waals surface area contributed by atoms with Crippen molar-refractivity contribution in [1.82, 2.24) is 4.98 Å². The third-order valence-corrected chi connectivity index (χ3v) is 5.91. The quantitative estimate of drug-likeness (QED) is 0.358. The second kappa shape index (κ2) is 9.27. The van der Waals surface area contributed by atoms with Crippen LogP contribution in [0.15, 0.2) is 65.7 Å². The van der Waals surface area contributed by atoms with Crippen LogP contribution in [0.5, 0.6) is 5.88 Å². The average Bonchev–Trinajstić information content (AvgIpc) is 2.77. The molecule has 0 saturated heterocycles. The van der Waals surface area contributed by atoms with E-state index in [2.05, 4.69) is 21.5 Å². The highest BCUT2D eigenvalue weighted by Crippen LogP contribution is 2.31. The predicted molar refractivity (Wildman–Crippen MR) is 123 cm³/mol. The Hall–Kier alpha value is -3.24. The lowest BCUT2D eigenvalue weighted by Crippen LogP contribution is -2.27. The lowest BCUT2D eigenvalue weighted by Gasteiger charge is -2.21. The van der Waals surface area contributed by atoms with Crippen LogP contribution in [0.4, 0.5) is 5.69 Å². The number of halogens is 1. The number of carbonyl (C=O) groups excluding carboxylic acids is 1. The Morgan fingerprint density at radius 1 is 1.23 bits per heavy atom. The van der Waals surface area contributed by atoms with Gasteiger partial charge >= 0.3 is 0 Å². The molecule has 4 rings (SSSR count). The summed E-state index contributed by atoms with van der Waals surface area (Å²) in [7, 11) is 1.57. The van der Waals surface area contributed by atoms with Gasteiger partial charge in [0.05, 0.1) is 18.4 Å². The van der Waals surface area contributed by atoms with Gasteiger partial charge in [-0.2, -0.15) is 0 Å². The summed E-state index contributed by atoms with van der Waals surface area (Å²) >= 11 is 4.36. The smallest absolute Gasteiger partial charge is 0.245 e. The highest BCUT2D eigenvalue weighted by Gasteiger charge is 2.33. The van der Waals surface area contributed by atoms with E-state index in [1.54, 1.807) is 67.9 Å². The normalized spacial score (nSPS) is 16.2. The Bertz CT molecular complexity index is 1230. The molecule has 5 nitrogen and oxygen atoms in total. The molecule has 0 spiro atoms. The third kappa shape index (κ3) is 4.92. The Labute approximate surface area is 188 Å². The summed E-state index contributed by atoms with van der Waals surface area (Å²) in [6, 6.07) is 16.0. The number of rotatable bonds is 3. The number of benzene rings is 2. The third-order valence-electron chi connectivity index (χ3n) is 4.57. The van der Waals surface area contributed by atoms with Crippen molar-refractivity contribution in [3.8, 4) is 17.7 Å². The largest absolute Gasteiger partial charge is 0.588 e. The fourth-order valence-corrected chi connectivity index (χ4v) is 4.23. The van der Waals surface area contributed by atoms with Crippen LogP contribution in [-0.4, -0.2) is 22.4 Å². The first-order chi connectivity index (χ1) is 15.0. The van der Waals surface area contributed by atoms with Crippen LogP contribution in [0.2, 0.25) is 5.02 Å². The number of ketones is 1. The summed E-state index contributed by atoms with van der Waals surface area (Å²) in [5.74, 6) is 6.42. The number of methoxy groups -OCH3 is 1. The van der Waals surface area contributed by atoms with E-state index in [1.807, 2.05) is 6.07 Å². The van der Waals surface area contributed by atoms with Gasteiger partial charge in [-0.05, 0) is 41.5 Å². The Balaban J connectivity index is 1.57. The molecule has 0 bridgehead atoms. The minimum absolute atomic E-state index is 0.171. The van der Waals surface area contributed by atoms with Gasteiger partial charge in [-0.3, -0.25) is 4.79 Å². The molecule has 0 saturated carbocycles. The number of nitrogens with one attached hydrogen (secondary N) is 1. The van der Waals surface area contributed by atoms with Crippen molar-refractivity contribution in [2.24, 2.45) is 0 Å². The molecule has 31 heavy (non-hydrogen) atoms. The van der Waals surface area contributed by atoms with Gasteiger partial charge in [0.2, 0.25) is 16.6 Å². The number of nitrogens with zero attached hydrogens (tertiary/aromatic N) is 1. The fourth-order valence-electron chi connectivity index (χ4n) is 3.02. The number of carbonyl (C=O) groups is 1. The minimum Gasteiger partial charge on any atom is -0.588 e. The van der Waals surface area contributed by atoms with Crippen LogP contribution in [-0.2, 0) is 17.8 Å². The SMILES string of the molecule is COc1ccc(CC#Cc2ccc3c(c2)C(=O)/C(=C\c2cccc(Cl)c2)[S+]([O-])N3)cn1. The monoisotopic (exact) mass is 448 g/mol. The van der Waals surface area contributed by atoms with Crippen LogP contribution in [0.3, 0.4) is 0 Å². The lowest BCUT2D eigenvalue weighted by molar-refractivity contribution is 0.104. The van der Waals surface area contributed by atoms with Gasteiger partial charge in [0.1, 0.15) is 11.4 Å². The molecule has 3 aromatic rings. The number of hydrogen-bond acceptors (Lipinski definition) is 5. The van der Waals surface area contributed by atoms with Crippen LogP contribution < -0.4 is 9.46 Å². The number of fused-ring (bicyclic) bond motifs is 1. The lowest BCUT2D eigenvalue weighted by atomic mass is 10.0. The van der Waals surface area contributed by atoms with Crippen LogP contribution in [0, 0.1) is 11.8 Å². The molecule has 1 atom stereocenters. The summed E-state index contributed by atoms with van der Waals surface area (Å²) in [6.45, 7) is 0. The highest BCUT2D eigenvalue weighted by molar-refractivity contribution is 7.97. The van der Waals surface area contributed by atoms with E-state index >= 15 is 0 Å². The Kier molecular flexibility index (Phi) is 6.28. The number of allylic oxidation sites excluding steroid dienone is 1. The van der Waals surface area contributed by atoms with Gasteiger partial charge in [0.25, 0.3) is 0 Å². The molecule has 7 heteroatoms. The summed E-state index contributed by atoms with van der Waals surface area (Å²) in [6.07, 6.45) is 3.83. The topological polar surface area (TPSA) is 74.3 Å². The van der Waals surface area contributed by atoms with Crippen molar-refractivity contribution < 1.29 is 14.1 Å². The maximum absolute atomic E-state index is 13.0. The number of ether oxygens (including phenoxy) is 1. The van der Waals surface area contributed by atoms with Crippen LogP contribution in [0.25, 0.3) is 6.08 Å². The summed E-state index contributed by atoms with van der Waals surface area (Å²) in [4.78, 5) is 17.4. The van der Waals surface area contributed by atoms with Crippen molar-refractivity contribution in [2.45, 2.75) is 6.42 Å². The van der Waals surface area contributed by atoms with Crippen molar-refractivity contribution in [3.63, 3.8) is 0 Å². The van der Waals surface area contributed by atoms with Crippen molar-refractivity contribution in [2.75, 3.05) is 11.8 Å². The van der Waals surface area contributed by atoms with Crippen molar-refractivity contribution >= 4 is 40.5 Å². The van der Waals surface area contributed by atoms with E-state index < -0.39 is 11.4 Å². The van der Waals surface area contributed by atoms with E-state index in [1.165, 1.54) is 0 Å². The zero-order valence-electron chi connectivity index (χ0n) is 16.5. The zero-order chi connectivity index (χ0) is 21.8. The molecule has 0 amide bonds. The molecule has 2 heterocycles. The van der Waals surface area contributed by atoms with Gasteiger partial charge < -0.3 is 9.29 Å². The number of Topliss-reactive ketones (excluding diaryl/α,β-unsaturated/α-hetero) is 1. The van der Waals surface area contributed by atoms with E-state index in [0.717, 1.165) is 5.56 Å². The first-order valence-corrected chi connectivity index (χ1v) is 10.9. The molecular formula is C24H17ClN2O3S. The summed E-state index contributed by atoms with van der Waals surface area (Å²) in [5.41, 5.74) is 3.33. The molecule has 0 radical (unpaired) electrons. The van der Waals surface area contributed by atoms with Gasteiger partial charge in [-0.15, -0.1) is 0 Å². The molecule has 1 aliphatic rings. The van der Waals surface area contributed by atoms with E-state index in [-0.39, 0.29) is 10.7 Å². The van der Waals surface area contributed by atoms with Gasteiger partial charge in [-0.1, -0.05) is 41.6 Å². The molecule has 2 aromatic carbocycles. The Morgan fingerprint density at radius 2 is 2.10 bits per heavy atom. The van der Waals surface area contributed by atoms with Crippen LogP contribution in [0.1, 0.15) is 27.0 Å². The van der Waals surface area contributed by atoms with Gasteiger partial charge in [0, 0.05) is 35.3 Å². The van der Waals surface area contributed by atoms with Gasteiger partial charge in [0.15, 0.2) is 0 Å². The molecule has 1 unspecified atom stereocenters. The molecule has 154 valence electrons. The molecule has 0 fully saturated rings. The molecule has 0 aliphatic carbocycles. The number of aromatic nitrogens is 1. The first kappa shape index (κ1) is 21.0. The average molecular weight is 449 g/mol. The second-order valence-corrected chi connectivity index (χ2v) is 8.33. The molecular weight excluding hydrogens is 432 g/mol. The molecule has 1 N–H and O–H groups in total.